The molecule has 1 nitrogen and oxygen atoms in total. The molecule has 2 rings (SSSR count). The van der Waals surface area contributed by atoms with Crippen LogP contribution in [0.3, 0.4) is 0 Å². The number of benzene rings is 1. The number of fused-ring (bicyclic) bond motifs is 1. The first-order chi connectivity index (χ1) is 7.20. The molecule has 1 aromatic carbocycles. The van der Waals surface area contributed by atoms with E-state index in [1.54, 1.807) is 0 Å². The molecule has 0 amide bonds. The van der Waals surface area contributed by atoms with Gasteiger partial charge < -0.3 is 4.74 Å². The Hall–Kier alpha value is -0.980. The quantitative estimate of drug-likeness (QED) is 0.617. The first kappa shape index (κ1) is 14.0. The topological polar surface area (TPSA) is 9.23 Å². The molecule has 15 heavy (non-hydrogen) atoms. The van der Waals surface area contributed by atoms with Crippen LogP contribution in [0.15, 0.2) is 24.3 Å². The Morgan fingerprint density at radius 2 is 1.60 bits per heavy atom. The van der Waals surface area contributed by atoms with Gasteiger partial charge in [-0.05, 0) is 17.5 Å². The van der Waals surface area contributed by atoms with Gasteiger partial charge in [0.1, 0.15) is 5.75 Å². The van der Waals surface area contributed by atoms with Gasteiger partial charge in [-0.25, -0.2) is 0 Å². The zero-order valence-electron chi connectivity index (χ0n) is 10.7. The lowest BCUT2D eigenvalue weighted by Crippen LogP contribution is -1.85. The van der Waals surface area contributed by atoms with E-state index >= 15 is 0 Å². The second-order valence-electron chi connectivity index (χ2n) is 3.94. The van der Waals surface area contributed by atoms with E-state index in [-0.39, 0.29) is 0 Å². The molecular weight excluding hydrogens is 184 g/mol. The molecule has 1 aliphatic rings. The Balaban J connectivity index is 0.000000282. The minimum atomic E-state index is 0.833. The SMILES string of the molecule is CC.CC(C)C.c1ccc2c(c1)CCO2. The summed E-state index contributed by atoms with van der Waals surface area (Å²) in [6.45, 7) is 11.4. The van der Waals surface area contributed by atoms with E-state index in [1.807, 2.05) is 32.0 Å². The summed E-state index contributed by atoms with van der Waals surface area (Å²) in [6, 6.07) is 8.18. The molecular formula is C14H24O. The standard InChI is InChI=1S/C8H8O.C4H10.C2H6/c1-2-4-8-7(3-1)5-6-9-8;1-4(2)3;1-2/h1-4H,5-6H2;4H,1-3H3;1-2H3. The normalized spacial score (nSPS) is 11.6. The van der Waals surface area contributed by atoms with Gasteiger partial charge in [-0.2, -0.15) is 0 Å². The third-order valence-electron chi connectivity index (χ3n) is 1.60. The predicted octanol–water partition coefficient (Wildman–Crippen LogP) is 4.31. The minimum absolute atomic E-state index is 0.833. The maximum absolute atomic E-state index is 5.30. The van der Waals surface area contributed by atoms with Crippen molar-refractivity contribution in [2.75, 3.05) is 6.61 Å². The molecule has 0 saturated heterocycles. The van der Waals surface area contributed by atoms with Crippen molar-refractivity contribution in [1.29, 1.82) is 0 Å². The van der Waals surface area contributed by atoms with E-state index in [0.29, 0.717) is 0 Å². The summed E-state index contributed by atoms with van der Waals surface area (Å²) in [5.74, 6) is 1.90. The number of rotatable bonds is 0. The van der Waals surface area contributed by atoms with Crippen LogP contribution in [-0.2, 0) is 6.42 Å². The van der Waals surface area contributed by atoms with Gasteiger partial charge in [0.2, 0.25) is 0 Å². The highest BCUT2D eigenvalue weighted by molar-refractivity contribution is 5.35. The zero-order chi connectivity index (χ0) is 11.7. The van der Waals surface area contributed by atoms with E-state index in [4.69, 9.17) is 4.74 Å². The number of para-hydroxylation sites is 1. The summed E-state index contributed by atoms with van der Waals surface area (Å²) in [4.78, 5) is 0. The van der Waals surface area contributed by atoms with Crippen molar-refractivity contribution < 1.29 is 4.74 Å². The van der Waals surface area contributed by atoms with Crippen LogP contribution < -0.4 is 4.74 Å². The van der Waals surface area contributed by atoms with Crippen LogP contribution in [0.4, 0.5) is 0 Å². The van der Waals surface area contributed by atoms with Crippen molar-refractivity contribution in [3.8, 4) is 5.75 Å². The zero-order valence-corrected chi connectivity index (χ0v) is 10.7. The van der Waals surface area contributed by atoms with Crippen molar-refractivity contribution in [3.63, 3.8) is 0 Å². The first-order valence-corrected chi connectivity index (χ1v) is 5.91. The average molecular weight is 208 g/mol. The molecule has 0 unspecified atom stereocenters. The minimum Gasteiger partial charge on any atom is -0.493 e. The molecule has 1 heteroatoms. The summed E-state index contributed by atoms with van der Waals surface area (Å²) in [5.41, 5.74) is 1.34. The average Bonchev–Trinajstić information content (AvgIpc) is 2.67. The van der Waals surface area contributed by atoms with E-state index in [1.165, 1.54) is 5.56 Å². The lowest BCUT2D eigenvalue weighted by Gasteiger charge is -1.93. The highest BCUT2D eigenvalue weighted by Gasteiger charge is 2.08. The highest BCUT2D eigenvalue weighted by Crippen LogP contribution is 2.23. The summed E-state index contributed by atoms with van der Waals surface area (Å²) in [5, 5.41) is 0. The molecule has 0 saturated carbocycles. The van der Waals surface area contributed by atoms with Gasteiger partial charge >= 0.3 is 0 Å². The maximum Gasteiger partial charge on any atom is 0.122 e. The predicted molar refractivity (Wildman–Crippen MR) is 67.5 cm³/mol. The van der Waals surface area contributed by atoms with E-state index in [2.05, 4.69) is 26.8 Å². The van der Waals surface area contributed by atoms with Gasteiger partial charge in [0.25, 0.3) is 0 Å². The Bertz CT molecular complexity index is 228. The fourth-order valence-corrected chi connectivity index (χ4v) is 1.12. The summed E-state index contributed by atoms with van der Waals surface area (Å²) < 4.78 is 5.30. The summed E-state index contributed by atoms with van der Waals surface area (Å²) in [7, 11) is 0. The fraction of sp³-hybridized carbons (Fsp3) is 0.571. The molecule has 0 aliphatic carbocycles. The lowest BCUT2D eigenvalue weighted by atomic mass is 10.2. The Kier molecular flexibility index (Phi) is 7.79. The second-order valence-corrected chi connectivity index (χ2v) is 3.94. The molecule has 0 aromatic heterocycles. The van der Waals surface area contributed by atoms with E-state index in [0.717, 1.165) is 24.7 Å². The van der Waals surface area contributed by atoms with Crippen LogP contribution >= 0.6 is 0 Å². The highest BCUT2D eigenvalue weighted by atomic mass is 16.5. The van der Waals surface area contributed by atoms with E-state index in [9.17, 15) is 0 Å². The molecule has 0 bridgehead atoms. The second kappa shape index (κ2) is 8.34. The van der Waals surface area contributed by atoms with Gasteiger partial charge in [-0.15, -0.1) is 0 Å². The van der Waals surface area contributed by atoms with Crippen LogP contribution in [-0.4, -0.2) is 6.61 Å². The van der Waals surface area contributed by atoms with Gasteiger partial charge in [0.05, 0.1) is 6.61 Å². The Morgan fingerprint density at radius 3 is 2.13 bits per heavy atom. The van der Waals surface area contributed by atoms with Gasteiger partial charge in [-0.3, -0.25) is 0 Å². The van der Waals surface area contributed by atoms with Gasteiger partial charge in [-0.1, -0.05) is 52.8 Å². The molecule has 0 fully saturated rings. The molecule has 1 aromatic rings. The van der Waals surface area contributed by atoms with Crippen molar-refractivity contribution in [3.05, 3.63) is 29.8 Å². The molecule has 0 radical (unpaired) electrons. The first-order valence-electron chi connectivity index (χ1n) is 5.91. The van der Waals surface area contributed by atoms with Crippen molar-refractivity contribution in [1.82, 2.24) is 0 Å². The maximum atomic E-state index is 5.30. The number of hydrogen-bond donors (Lipinski definition) is 0. The van der Waals surface area contributed by atoms with Crippen LogP contribution in [0.1, 0.15) is 40.2 Å². The third kappa shape index (κ3) is 6.16. The molecule has 0 atom stereocenters. The van der Waals surface area contributed by atoms with Crippen molar-refractivity contribution in [2.24, 2.45) is 5.92 Å². The molecule has 0 spiro atoms. The number of ether oxygens (including phenoxy) is 1. The van der Waals surface area contributed by atoms with Crippen molar-refractivity contribution in [2.45, 2.75) is 41.0 Å². The van der Waals surface area contributed by atoms with Crippen LogP contribution in [0.2, 0.25) is 0 Å². The van der Waals surface area contributed by atoms with Crippen LogP contribution in [0.5, 0.6) is 5.75 Å². The third-order valence-corrected chi connectivity index (χ3v) is 1.60. The Labute approximate surface area is 94.5 Å². The molecule has 86 valence electrons. The smallest absolute Gasteiger partial charge is 0.122 e. The van der Waals surface area contributed by atoms with Crippen LogP contribution in [0, 0.1) is 5.92 Å². The van der Waals surface area contributed by atoms with E-state index < -0.39 is 0 Å². The largest absolute Gasteiger partial charge is 0.493 e. The summed E-state index contributed by atoms with van der Waals surface area (Å²) in [6.07, 6.45) is 1.08. The molecule has 1 aliphatic heterocycles. The van der Waals surface area contributed by atoms with Crippen molar-refractivity contribution >= 4 is 0 Å². The Morgan fingerprint density at radius 1 is 1.07 bits per heavy atom. The number of hydrogen-bond acceptors (Lipinski definition) is 1. The fourth-order valence-electron chi connectivity index (χ4n) is 1.12. The summed E-state index contributed by atoms with van der Waals surface area (Å²) >= 11 is 0. The monoisotopic (exact) mass is 208 g/mol. The molecule has 1 heterocycles. The van der Waals surface area contributed by atoms with Crippen LogP contribution in [0.25, 0.3) is 0 Å². The molecule has 0 N–H and O–H groups in total. The van der Waals surface area contributed by atoms with Gasteiger partial charge in [0, 0.05) is 6.42 Å². The van der Waals surface area contributed by atoms with Gasteiger partial charge in [0.15, 0.2) is 0 Å². The lowest BCUT2D eigenvalue weighted by molar-refractivity contribution is 0.357.